The molecule has 4 nitrogen and oxygen atoms in total. The molecule has 0 saturated heterocycles. The molecular weight excluding hydrogens is 729 g/mol. The van der Waals surface area contributed by atoms with Crippen molar-refractivity contribution in [3.8, 4) is 11.1 Å². The van der Waals surface area contributed by atoms with Gasteiger partial charge in [0.2, 0.25) is 0 Å². The largest absolute Gasteiger partial charge is 0.344 e. The Bertz CT molecular complexity index is 3040. The Balaban J connectivity index is 1.16. The molecule has 0 radical (unpaired) electrons. The van der Waals surface area contributed by atoms with Crippen molar-refractivity contribution in [1.82, 2.24) is 4.57 Å². The summed E-state index contributed by atoms with van der Waals surface area (Å²) in [5.74, 6) is 0.479. The van der Waals surface area contributed by atoms with E-state index in [-0.39, 0.29) is 0 Å². The number of anilines is 7. The predicted molar refractivity (Wildman–Crippen MR) is 259 cm³/mol. The second kappa shape index (κ2) is 14.1. The Hall–Kier alpha value is -6.52. The second-order valence-electron chi connectivity index (χ2n) is 18.0. The van der Waals surface area contributed by atoms with Crippen LogP contribution in [0.5, 0.6) is 0 Å². The summed E-state index contributed by atoms with van der Waals surface area (Å²) >= 11 is 0. The first-order chi connectivity index (χ1) is 28.8. The molecule has 0 spiro atoms. The fraction of sp³-hybridized carbons (Fsp3) is 0.214. The average molecular weight is 783 g/mol. The molecule has 1 aromatic heterocycles. The van der Waals surface area contributed by atoms with Crippen LogP contribution in [0.25, 0.3) is 43.7 Å². The maximum Gasteiger partial charge on any atom is 0.0510 e. The van der Waals surface area contributed by atoms with Crippen LogP contribution in [0, 0.1) is 47.5 Å². The van der Waals surface area contributed by atoms with Crippen LogP contribution in [0.4, 0.5) is 39.8 Å². The molecule has 8 aromatic rings. The van der Waals surface area contributed by atoms with Crippen molar-refractivity contribution in [2.75, 3.05) is 21.7 Å². The third-order valence-electron chi connectivity index (χ3n) is 12.8. The lowest BCUT2D eigenvalue weighted by molar-refractivity contribution is 0.689. The molecule has 0 amide bonds. The molecule has 2 heterocycles. The molecule has 1 aliphatic carbocycles. The van der Waals surface area contributed by atoms with Gasteiger partial charge in [-0.05, 0) is 184 Å². The summed E-state index contributed by atoms with van der Waals surface area (Å²) in [4.78, 5) is 7.33. The number of rotatable bonds is 6. The molecule has 2 aliphatic rings. The van der Waals surface area contributed by atoms with Crippen molar-refractivity contribution in [2.45, 2.75) is 61.8 Å². The third kappa shape index (κ3) is 6.20. The van der Waals surface area contributed by atoms with Crippen molar-refractivity contribution in [2.24, 2.45) is 13.0 Å². The number of nitrogens with zero attached hydrogens (tertiary/aromatic N) is 4. The molecule has 1 unspecified atom stereocenters. The molecule has 7 aromatic carbocycles. The van der Waals surface area contributed by atoms with Crippen LogP contribution in [-0.2, 0) is 7.05 Å². The third-order valence-corrected chi connectivity index (χ3v) is 12.8. The van der Waals surface area contributed by atoms with Crippen LogP contribution in [-0.4, -0.2) is 11.6 Å². The quantitative estimate of drug-likeness (QED) is 0.167. The number of fused-ring (bicyclic) bond motifs is 6. The lowest BCUT2D eigenvalue weighted by Gasteiger charge is -2.33. The summed E-state index contributed by atoms with van der Waals surface area (Å²) in [6.07, 6.45) is 5.76. The zero-order chi connectivity index (χ0) is 41.7. The van der Waals surface area contributed by atoms with Gasteiger partial charge in [-0.2, -0.15) is 0 Å². The zero-order valence-corrected chi connectivity index (χ0v) is 36.7. The molecule has 298 valence electrons. The van der Waals surface area contributed by atoms with Crippen LogP contribution in [0.1, 0.15) is 53.6 Å². The Morgan fingerprint density at radius 2 is 1.05 bits per heavy atom. The van der Waals surface area contributed by atoms with Gasteiger partial charge in [-0.1, -0.05) is 61.0 Å². The van der Waals surface area contributed by atoms with Crippen LogP contribution < -0.4 is 14.7 Å². The molecule has 1 aliphatic heterocycles. The summed E-state index contributed by atoms with van der Waals surface area (Å²) in [6, 6.07) is 44.2. The van der Waals surface area contributed by atoms with E-state index in [4.69, 9.17) is 0 Å². The minimum Gasteiger partial charge on any atom is -0.344 e. The topological polar surface area (TPSA) is 14.7 Å². The minimum atomic E-state index is 0.479. The fourth-order valence-electron chi connectivity index (χ4n) is 10.6. The molecule has 0 bridgehead atoms. The fourth-order valence-corrected chi connectivity index (χ4v) is 10.6. The van der Waals surface area contributed by atoms with E-state index in [0.29, 0.717) is 5.92 Å². The van der Waals surface area contributed by atoms with Crippen LogP contribution >= 0.6 is 0 Å². The first kappa shape index (κ1) is 37.7. The molecule has 1 atom stereocenters. The molecule has 0 fully saturated rings. The van der Waals surface area contributed by atoms with Gasteiger partial charge >= 0.3 is 0 Å². The van der Waals surface area contributed by atoms with Crippen molar-refractivity contribution in [1.29, 1.82) is 0 Å². The summed E-state index contributed by atoms with van der Waals surface area (Å²) in [5.41, 5.74) is 23.6. The van der Waals surface area contributed by atoms with Gasteiger partial charge in [0.05, 0.1) is 16.7 Å². The Morgan fingerprint density at radius 1 is 0.483 bits per heavy atom. The smallest absolute Gasteiger partial charge is 0.0510 e. The second-order valence-corrected chi connectivity index (χ2v) is 18.0. The molecule has 10 rings (SSSR count). The Morgan fingerprint density at radius 3 is 1.65 bits per heavy atom. The number of aromatic nitrogens is 1. The van der Waals surface area contributed by atoms with Gasteiger partial charge in [-0.15, -0.1) is 0 Å². The van der Waals surface area contributed by atoms with Crippen molar-refractivity contribution < 1.29 is 0 Å². The lowest BCUT2D eigenvalue weighted by atomic mass is 9.89. The van der Waals surface area contributed by atoms with Gasteiger partial charge in [-0.25, -0.2) is 0 Å². The van der Waals surface area contributed by atoms with Gasteiger partial charge in [0.1, 0.15) is 0 Å². The highest BCUT2D eigenvalue weighted by atomic mass is 15.2. The number of aryl methyl sites for hydroxylation is 7. The van der Waals surface area contributed by atoms with Gasteiger partial charge in [0.25, 0.3) is 0 Å². The highest BCUT2D eigenvalue weighted by Crippen LogP contribution is 2.52. The summed E-state index contributed by atoms with van der Waals surface area (Å²) in [7, 11) is 4.48. The molecule has 0 saturated carbocycles. The lowest BCUT2D eigenvalue weighted by Crippen LogP contribution is -2.20. The van der Waals surface area contributed by atoms with Crippen molar-refractivity contribution >= 4 is 72.4 Å². The first-order valence-corrected chi connectivity index (χ1v) is 21.4. The van der Waals surface area contributed by atoms with Crippen molar-refractivity contribution in [3.63, 3.8) is 0 Å². The molecular formula is C56H54N4. The minimum absolute atomic E-state index is 0.479. The van der Waals surface area contributed by atoms with Crippen LogP contribution in [0.15, 0.2) is 139 Å². The van der Waals surface area contributed by atoms with Gasteiger partial charge in [0.15, 0.2) is 0 Å². The molecule has 60 heavy (non-hydrogen) atoms. The van der Waals surface area contributed by atoms with E-state index in [1.165, 1.54) is 122 Å². The van der Waals surface area contributed by atoms with Gasteiger partial charge in [0, 0.05) is 75.6 Å². The van der Waals surface area contributed by atoms with E-state index in [9.17, 15) is 0 Å². The normalized spacial score (nSPS) is 14.8. The first-order valence-electron chi connectivity index (χ1n) is 21.4. The Kier molecular flexibility index (Phi) is 8.84. The number of hydrogen-bond donors (Lipinski definition) is 0. The average Bonchev–Trinajstić information content (AvgIpc) is 3.46. The Labute approximate surface area is 355 Å². The van der Waals surface area contributed by atoms with Crippen LogP contribution in [0.3, 0.4) is 0 Å². The van der Waals surface area contributed by atoms with Crippen molar-refractivity contribution in [3.05, 3.63) is 172 Å². The van der Waals surface area contributed by atoms with Crippen LogP contribution in [0.2, 0.25) is 0 Å². The summed E-state index contributed by atoms with van der Waals surface area (Å²) in [5, 5.41) is 5.20. The number of benzene rings is 7. The predicted octanol–water partition coefficient (Wildman–Crippen LogP) is 15.6. The number of hydrogen-bond acceptors (Lipinski definition) is 3. The molecule has 4 heteroatoms. The van der Waals surface area contributed by atoms with E-state index in [0.717, 1.165) is 12.1 Å². The van der Waals surface area contributed by atoms with E-state index in [2.05, 4.69) is 216 Å². The highest BCUT2D eigenvalue weighted by Gasteiger charge is 2.28. The SMILES string of the molecule is CC1=CC(C)CC(N(c2cc(C)cc(C)c2)c2ccc3c4c5cccc6c5c(cc4n(C)c3c2)-c2ccc(N(c3cc(C)cc(C)c3)c3cc(C)cc(C)c3)cc2N6C)=C1. The highest BCUT2D eigenvalue weighted by molar-refractivity contribution is 6.28. The van der Waals surface area contributed by atoms with E-state index in [1.807, 2.05) is 0 Å². The monoisotopic (exact) mass is 782 g/mol. The standard InChI is InChI=1S/C56H54N4/c1-33-18-34(2)23-43(22-33)59(44-24-35(3)19-36(4)25-44)41-14-16-47-50-32-54-55(49-12-11-13-51(56(49)50)57(9)52(47)30-41)48-17-15-42(31-53(48)58(54)10)60(45-26-37(5)20-38(6)27-45)46-28-39(7)21-40(8)29-46/h11-28,30-32,40H,29H2,1-10H3. The summed E-state index contributed by atoms with van der Waals surface area (Å²) in [6.45, 7) is 17.7. The maximum absolute atomic E-state index is 2.50. The maximum atomic E-state index is 2.50. The van der Waals surface area contributed by atoms with E-state index >= 15 is 0 Å². The zero-order valence-electron chi connectivity index (χ0n) is 36.7. The summed E-state index contributed by atoms with van der Waals surface area (Å²) < 4.78 is 2.42. The molecule has 0 N–H and O–H groups in total. The number of allylic oxidation sites excluding steroid dienone is 4. The van der Waals surface area contributed by atoms with E-state index in [1.54, 1.807) is 0 Å². The van der Waals surface area contributed by atoms with Gasteiger partial charge < -0.3 is 19.3 Å². The van der Waals surface area contributed by atoms with Gasteiger partial charge in [-0.3, -0.25) is 0 Å². The van der Waals surface area contributed by atoms with E-state index < -0.39 is 0 Å².